The van der Waals surface area contributed by atoms with E-state index in [0.29, 0.717) is 11.5 Å². The number of pyridine rings is 1. The Labute approximate surface area is 129 Å². The first-order valence-corrected chi connectivity index (χ1v) is 7.47. The highest BCUT2D eigenvalue weighted by Crippen LogP contribution is 2.27. The number of aryl methyl sites for hydroxylation is 3. The number of thiocarbonyl (C=S) groups is 1. The molecule has 0 fully saturated rings. The lowest BCUT2D eigenvalue weighted by Gasteiger charge is -2.21. The van der Waals surface area contributed by atoms with E-state index in [1.807, 2.05) is 24.9 Å². The van der Waals surface area contributed by atoms with Crippen molar-refractivity contribution in [2.24, 2.45) is 12.8 Å². The molecule has 110 valence electrons. The van der Waals surface area contributed by atoms with Gasteiger partial charge in [0.1, 0.15) is 16.6 Å². The molecule has 0 spiro atoms. The van der Waals surface area contributed by atoms with Gasteiger partial charge in [-0.3, -0.25) is 0 Å². The summed E-state index contributed by atoms with van der Waals surface area (Å²) < 4.78 is 2.00. The lowest BCUT2D eigenvalue weighted by Crippen LogP contribution is -2.25. The van der Waals surface area contributed by atoms with Crippen molar-refractivity contribution >= 4 is 23.0 Å². The largest absolute Gasteiger partial charge is 0.389 e. The molecular formula is C15H19N5S. The molecule has 0 saturated carbocycles. The van der Waals surface area contributed by atoms with E-state index in [1.54, 1.807) is 6.20 Å². The highest BCUT2D eigenvalue weighted by atomic mass is 32.1. The van der Waals surface area contributed by atoms with Gasteiger partial charge in [0.25, 0.3) is 0 Å². The Balaban J connectivity index is 1.96. The van der Waals surface area contributed by atoms with E-state index in [4.69, 9.17) is 22.9 Å². The maximum atomic E-state index is 5.89. The van der Waals surface area contributed by atoms with Crippen molar-refractivity contribution in [3.8, 4) is 0 Å². The highest BCUT2D eigenvalue weighted by Gasteiger charge is 2.20. The molecule has 2 heterocycles. The van der Waals surface area contributed by atoms with Crippen molar-refractivity contribution in [2.45, 2.75) is 25.8 Å². The second kappa shape index (κ2) is 5.44. The van der Waals surface area contributed by atoms with Gasteiger partial charge in [0.15, 0.2) is 0 Å². The van der Waals surface area contributed by atoms with Crippen molar-refractivity contribution in [1.82, 2.24) is 14.5 Å². The Morgan fingerprint density at radius 3 is 2.95 bits per heavy atom. The molecule has 2 aromatic rings. The number of aromatic nitrogens is 3. The van der Waals surface area contributed by atoms with Gasteiger partial charge in [0, 0.05) is 32.2 Å². The first-order valence-electron chi connectivity index (χ1n) is 7.06. The van der Waals surface area contributed by atoms with Crippen LogP contribution in [-0.4, -0.2) is 26.6 Å². The third-order valence-electron chi connectivity index (χ3n) is 3.96. The Hall–Kier alpha value is -1.95. The maximum Gasteiger partial charge on any atom is 0.139 e. The third-order valence-corrected chi connectivity index (χ3v) is 4.18. The van der Waals surface area contributed by atoms with Crippen LogP contribution < -0.4 is 10.6 Å². The maximum absolute atomic E-state index is 5.89. The Bertz CT molecular complexity index is 691. The fourth-order valence-corrected chi connectivity index (χ4v) is 2.92. The van der Waals surface area contributed by atoms with Crippen LogP contribution in [0.5, 0.6) is 0 Å². The van der Waals surface area contributed by atoms with Crippen LogP contribution in [-0.2, 0) is 26.4 Å². The Morgan fingerprint density at radius 1 is 1.48 bits per heavy atom. The van der Waals surface area contributed by atoms with Crippen LogP contribution in [0.15, 0.2) is 18.5 Å². The molecule has 2 N–H and O–H groups in total. The number of hydrogen-bond acceptors (Lipinski definition) is 4. The summed E-state index contributed by atoms with van der Waals surface area (Å²) in [5.74, 6) is 1.83. The molecule has 1 aliphatic carbocycles. The van der Waals surface area contributed by atoms with E-state index in [2.05, 4.69) is 16.0 Å². The van der Waals surface area contributed by atoms with Crippen LogP contribution >= 0.6 is 12.2 Å². The predicted octanol–water partition coefficient (Wildman–Crippen LogP) is 1.57. The van der Waals surface area contributed by atoms with E-state index < -0.39 is 0 Å². The van der Waals surface area contributed by atoms with Crippen molar-refractivity contribution < 1.29 is 0 Å². The molecule has 0 aliphatic heterocycles. The van der Waals surface area contributed by atoms with Gasteiger partial charge in [-0.15, -0.1) is 0 Å². The molecule has 3 rings (SSSR count). The van der Waals surface area contributed by atoms with Crippen LogP contribution in [0.3, 0.4) is 0 Å². The molecule has 6 heteroatoms. The van der Waals surface area contributed by atoms with E-state index in [0.717, 1.165) is 36.5 Å². The number of rotatable bonds is 4. The fraction of sp³-hybridized carbons (Fsp3) is 0.400. The standard InChI is InChI=1S/C15H19N5S/c1-19-7-6-17-13(19)9-20(2)15-11(14(16)21)8-10-4-3-5-12(10)18-15/h6-8H,3-5,9H2,1-2H3,(H2,16,21). The molecule has 0 radical (unpaired) electrons. The second-order valence-electron chi connectivity index (χ2n) is 5.49. The van der Waals surface area contributed by atoms with Gasteiger partial charge in [-0.25, -0.2) is 9.97 Å². The van der Waals surface area contributed by atoms with Crippen LogP contribution in [0.2, 0.25) is 0 Å². The van der Waals surface area contributed by atoms with Gasteiger partial charge < -0.3 is 15.2 Å². The lowest BCUT2D eigenvalue weighted by molar-refractivity contribution is 0.753. The third kappa shape index (κ3) is 2.63. The van der Waals surface area contributed by atoms with Gasteiger partial charge in [0.05, 0.1) is 12.1 Å². The van der Waals surface area contributed by atoms with Crippen LogP contribution in [0.25, 0.3) is 0 Å². The summed E-state index contributed by atoms with van der Waals surface area (Å²) in [5, 5.41) is 0. The number of anilines is 1. The Morgan fingerprint density at radius 2 is 2.29 bits per heavy atom. The topological polar surface area (TPSA) is 60.0 Å². The zero-order valence-electron chi connectivity index (χ0n) is 12.3. The molecule has 0 aromatic carbocycles. The molecule has 21 heavy (non-hydrogen) atoms. The van der Waals surface area contributed by atoms with Gasteiger partial charge in [-0.2, -0.15) is 0 Å². The smallest absolute Gasteiger partial charge is 0.139 e. The number of nitrogens with zero attached hydrogens (tertiary/aromatic N) is 4. The summed E-state index contributed by atoms with van der Waals surface area (Å²) in [6.45, 7) is 0.672. The van der Waals surface area contributed by atoms with Crippen molar-refractivity contribution in [1.29, 1.82) is 0 Å². The van der Waals surface area contributed by atoms with Crippen molar-refractivity contribution in [3.63, 3.8) is 0 Å². The van der Waals surface area contributed by atoms with Gasteiger partial charge in [-0.05, 0) is 30.9 Å². The monoisotopic (exact) mass is 301 g/mol. The molecule has 0 unspecified atom stereocenters. The molecule has 1 aliphatic rings. The summed E-state index contributed by atoms with van der Waals surface area (Å²) in [7, 11) is 3.99. The quantitative estimate of drug-likeness (QED) is 0.869. The molecule has 0 bridgehead atoms. The van der Waals surface area contributed by atoms with E-state index in [9.17, 15) is 0 Å². The van der Waals surface area contributed by atoms with E-state index in [1.165, 1.54) is 11.3 Å². The van der Waals surface area contributed by atoms with Gasteiger partial charge >= 0.3 is 0 Å². The SMILES string of the molecule is CN(Cc1nccn1C)c1nc2c(cc1C(N)=S)CCC2. The summed E-state index contributed by atoms with van der Waals surface area (Å²) >= 11 is 5.20. The molecule has 0 saturated heterocycles. The number of nitrogens with two attached hydrogens (primary N) is 1. The van der Waals surface area contributed by atoms with Crippen molar-refractivity contribution in [3.05, 3.63) is 41.1 Å². The molecule has 2 aromatic heterocycles. The molecular weight excluding hydrogens is 282 g/mol. The number of fused-ring (bicyclic) bond motifs is 1. The van der Waals surface area contributed by atoms with Gasteiger partial charge in [-0.1, -0.05) is 12.2 Å². The minimum absolute atomic E-state index is 0.402. The molecule has 5 nitrogen and oxygen atoms in total. The Kier molecular flexibility index (Phi) is 3.63. The summed E-state index contributed by atoms with van der Waals surface area (Å²) in [6.07, 6.45) is 7.00. The summed E-state index contributed by atoms with van der Waals surface area (Å²) in [6, 6.07) is 2.11. The minimum Gasteiger partial charge on any atom is -0.389 e. The molecule has 0 amide bonds. The minimum atomic E-state index is 0.402. The van der Waals surface area contributed by atoms with Crippen LogP contribution in [0.1, 0.15) is 29.1 Å². The average Bonchev–Trinajstić information content (AvgIpc) is 3.06. The van der Waals surface area contributed by atoms with Crippen LogP contribution in [0.4, 0.5) is 5.82 Å². The zero-order valence-corrected chi connectivity index (χ0v) is 13.2. The zero-order chi connectivity index (χ0) is 15.0. The number of imidazole rings is 1. The second-order valence-corrected chi connectivity index (χ2v) is 5.93. The van der Waals surface area contributed by atoms with Crippen LogP contribution in [0, 0.1) is 0 Å². The summed E-state index contributed by atoms with van der Waals surface area (Å²) in [5.41, 5.74) is 9.22. The normalized spacial score (nSPS) is 13.2. The van der Waals surface area contributed by atoms with E-state index in [-0.39, 0.29) is 0 Å². The average molecular weight is 301 g/mol. The lowest BCUT2D eigenvalue weighted by atomic mass is 10.1. The fourth-order valence-electron chi connectivity index (χ4n) is 2.77. The predicted molar refractivity (Wildman–Crippen MR) is 87.5 cm³/mol. The molecule has 0 atom stereocenters. The van der Waals surface area contributed by atoms with Crippen molar-refractivity contribution in [2.75, 3.05) is 11.9 Å². The highest BCUT2D eigenvalue weighted by molar-refractivity contribution is 7.80. The summed E-state index contributed by atoms with van der Waals surface area (Å²) in [4.78, 5) is 11.6. The first-order chi connectivity index (χ1) is 10.1. The first kappa shape index (κ1) is 14.0. The van der Waals surface area contributed by atoms with Gasteiger partial charge in [0.2, 0.25) is 0 Å². The number of hydrogen-bond donors (Lipinski definition) is 1. The van der Waals surface area contributed by atoms with E-state index >= 15 is 0 Å².